The van der Waals surface area contributed by atoms with Gasteiger partial charge in [-0.15, -0.1) is 0 Å². The van der Waals surface area contributed by atoms with Crippen LogP contribution in [-0.2, 0) is 11.3 Å². The minimum absolute atomic E-state index is 0.0502. The van der Waals surface area contributed by atoms with Gasteiger partial charge in [-0.3, -0.25) is 4.98 Å². The molecule has 2 aromatic carbocycles. The van der Waals surface area contributed by atoms with E-state index in [2.05, 4.69) is 9.88 Å². The van der Waals surface area contributed by atoms with Crippen molar-refractivity contribution in [3.63, 3.8) is 0 Å². The molecule has 1 aliphatic heterocycles. The number of aromatic nitrogens is 2. The van der Waals surface area contributed by atoms with Gasteiger partial charge in [-0.25, -0.2) is 4.79 Å². The number of ether oxygens (including phenoxy) is 4. The van der Waals surface area contributed by atoms with Crippen LogP contribution in [0.4, 0.5) is 5.69 Å². The molecule has 3 heterocycles. The highest BCUT2D eigenvalue weighted by molar-refractivity contribution is 5.96. The zero-order chi connectivity index (χ0) is 24.9. The molecule has 0 bridgehead atoms. The van der Waals surface area contributed by atoms with Crippen molar-refractivity contribution < 1.29 is 23.7 Å². The van der Waals surface area contributed by atoms with Gasteiger partial charge in [0, 0.05) is 18.5 Å². The molecule has 184 valence electrons. The third-order valence-corrected chi connectivity index (χ3v) is 6.03. The van der Waals surface area contributed by atoms with E-state index in [0.717, 1.165) is 22.7 Å². The number of pyridine rings is 1. The minimum Gasteiger partial charge on any atom is -0.495 e. The standard InChI is InChI=1S/C28H27N3O5/c1-33-22-14-23(16-29-15-22)35-19-20-8-10-21(11-9-20)36-24-17-31(18-24)26-7-5-6-25(28(32)34-2)27(26)30-12-3-4-13-30/h3-16,24H,17-19H2,1-2H3. The van der Waals surface area contributed by atoms with E-state index < -0.39 is 0 Å². The van der Waals surface area contributed by atoms with Crippen LogP contribution < -0.4 is 19.1 Å². The first-order chi connectivity index (χ1) is 17.6. The molecular weight excluding hydrogens is 458 g/mol. The highest BCUT2D eigenvalue weighted by Crippen LogP contribution is 2.33. The molecule has 2 aromatic heterocycles. The van der Waals surface area contributed by atoms with E-state index in [-0.39, 0.29) is 12.1 Å². The van der Waals surface area contributed by atoms with Crippen LogP contribution >= 0.6 is 0 Å². The van der Waals surface area contributed by atoms with Gasteiger partial charge in [-0.2, -0.15) is 0 Å². The summed E-state index contributed by atoms with van der Waals surface area (Å²) in [6.07, 6.45) is 7.20. The number of nitrogens with zero attached hydrogens (tertiary/aromatic N) is 3. The third kappa shape index (κ3) is 4.98. The second kappa shape index (κ2) is 10.4. The van der Waals surface area contributed by atoms with Crippen molar-refractivity contribution >= 4 is 11.7 Å². The zero-order valence-electron chi connectivity index (χ0n) is 20.2. The van der Waals surface area contributed by atoms with Gasteiger partial charge in [0.1, 0.15) is 30.0 Å². The fraction of sp³-hybridized carbons (Fsp3) is 0.214. The fourth-order valence-corrected chi connectivity index (χ4v) is 4.14. The van der Waals surface area contributed by atoms with Gasteiger partial charge in [0.05, 0.1) is 56.6 Å². The highest BCUT2D eigenvalue weighted by Gasteiger charge is 2.32. The van der Waals surface area contributed by atoms with Gasteiger partial charge in [0.25, 0.3) is 0 Å². The summed E-state index contributed by atoms with van der Waals surface area (Å²) in [5.41, 5.74) is 3.33. The molecule has 1 aliphatic rings. The maximum absolute atomic E-state index is 12.4. The van der Waals surface area contributed by atoms with E-state index >= 15 is 0 Å². The number of anilines is 1. The van der Waals surface area contributed by atoms with Gasteiger partial charge in [-0.05, 0) is 42.0 Å². The summed E-state index contributed by atoms with van der Waals surface area (Å²) >= 11 is 0. The average molecular weight is 486 g/mol. The molecule has 8 heteroatoms. The predicted molar refractivity (Wildman–Crippen MR) is 135 cm³/mol. The summed E-state index contributed by atoms with van der Waals surface area (Å²) in [6.45, 7) is 1.85. The molecule has 0 aliphatic carbocycles. The Kier molecular flexibility index (Phi) is 6.75. The summed E-state index contributed by atoms with van der Waals surface area (Å²) in [6, 6.07) is 19.2. The zero-order valence-corrected chi connectivity index (χ0v) is 20.2. The number of carbonyl (C=O) groups is 1. The predicted octanol–water partition coefficient (Wildman–Crippen LogP) is 4.51. The van der Waals surface area contributed by atoms with Crippen LogP contribution in [-0.4, -0.2) is 48.9 Å². The van der Waals surface area contributed by atoms with E-state index in [1.54, 1.807) is 31.6 Å². The highest BCUT2D eigenvalue weighted by atomic mass is 16.5. The molecule has 8 nitrogen and oxygen atoms in total. The summed E-state index contributed by atoms with van der Waals surface area (Å²) in [4.78, 5) is 18.7. The molecule has 0 unspecified atom stereocenters. The molecule has 0 atom stereocenters. The molecule has 1 saturated heterocycles. The van der Waals surface area contributed by atoms with Crippen molar-refractivity contribution in [3.8, 4) is 22.9 Å². The summed E-state index contributed by atoms with van der Waals surface area (Å²) in [5, 5.41) is 0. The number of carbonyl (C=O) groups excluding carboxylic acids is 1. The first-order valence-corrected chi connectivity index (χ1v) is 11.6. The largest absolute Gasteiger partial charge is 0.495 e. The molecular formula is C28H27N3O5. The van der Waals surface area contributed by atoms with Crippen LogP contribution in [0.15, 0.2) is 85.5 Å². The first kappa shape index (κ1) is 23.3. The molecule has 1 fully saturated rings. The Bertz CT molecular complexity index is 1320. The second-order valence-corrected chi connectivity index (χ2v) is 8.39. The van der Waals surface area contributed by atoms with Crippen molar-refractivity contribution in [3.05, 3.63) is 96.6 Å². The Balaban J connectivity index is 1.20. The van der Waals surface area contributed by atoms with Gasteiger partial charge in [0.15, 0.2) is 0 Å². The maximum Gasteiger partial charge on any atom is 0.340 e. The molecule has 0 N–H and O–H groups in total. The SMILES string of the molecule is COC(=O)c1cccc(N2CC(Oc3ccc(COc4cncc(OC)c4)cc3)C2)c1-n1cccc1. The molecule has 4 aromatic rings. The molecule has 0 radical (unpaired) electrons. The van der Waals surface area contributed by atoms with Crippen LogP contribution in [0.1, 0.15) is 15.9 Å². The van der Waals surface area contributed by atoms with Crippen molar-refractivity contribution in [2.75, 3.05) is 32.2 Å². The van der Waals surface area contributed by atoms with Crippen molar-refractivity contribution in [2.24, 2.45) is 0 Å². The lowest BCUT2D eigenvalue weighted by atomic mass is 10.1. The van der Waals surface area contributed by atoms with E-state index in [1.807, 2.05) is 65.5 Å². The lowest BCUT2D eigenvalue weighted by Gasteiger charge is -2.41. The van der Waals surface area contributed by atoms with E-state index in [0.29, 0.717) is 36.8 Å². The topological polar surface area (TPSA) is 75.1 Å². The fourth-order valence-electron chi connectivity index (χ4n) is 4.14. The lowest BCUT2D eigenvalue weighted by Crippen LogP contribution is -2.54. The summed E-state index contributed by atoms with van der Waals surface area (Å²) < 4.78 is 24.1. The number of rotatable bonds is 9. The third-order valence-electron chi connectivity index (χ3n) is 6.03. The number of esters is 1. The minimum atomic E-state index is -0.361. The first-order valence-electron chi connectivity index (χ1n) is 11.6. The Morgan fingerprint density at radius 3 is 2.42 bits per heavy atom. The molecule has 0 spiro atoms. The van der Waals surface area contributed by atoms with E-state index in [1.165, 1.54) is 7.11 Å². The van der Waals surface area contributed by atoms with Crippen LogP contribution in [0.2, 0.25) is 0 Å². The number of methoxy groups -OCH3 is 2. The summed E-state index contributed by atoms with van der Waals surface area (Å²) in [7, 11) is 3.00. The van der Waals surface area contributed by atoms with Crippen LogP contribution in [0, 0.1) is 0 Å². The van der Waals surface area contributed by atoms with Crippen molar-refractivity contribution in [2.45, 2.75) is 12.7 Å². The Labute approximate surface area is 209 Å². The monoisotopic (exact) mass is 485 g/mol. The normalized spacial score (nSPS) is 13.1. The van der Waals surface area contributed by atoms with Crippen LogP contribution in [0.3, 0.4) is 0 Å². The molecule has 0 saturated carbocycles. The van der Waals surface area contributed by atoms with E-state index in [4.69, 9.17) is 18.9 Å². The Morgan fingerprint density at radius 1 is 0.944 bits per heavy atom. The van der Waals surface area contributed by atoms with Gasteiger partial charge in [-0.1, -0.05) is 18.2 Å². The van der Waals surface area contributed by atoms with Crippen LogP contribution in [0.25, 0.3) is 5.69 Å². The number of para-hydroxylation sites is 1. The number of hydrogen-bond donors (Lipinski definition) is 0. The second-order valence-electron chi connectivity index (χ2n) is 8.39. The number of benzene rings is 2. The van der Waals surface area contributed by atoms with Gasteiger partial charge >= 0.3 is 5.97 Å². The van der Waals surface area contributed by atoms with Crippen molar-refractivity contribution in [1.82, 2.24) is 9.55 Å². The van der Waals surface area contributed by atoms with Gasteiger partial charge < -0.3 is 28.4 Å². The molecule has 5 rings (SSSR count). The maximum atomic E-state index is 12.4. The average Bonchev–Trinajstić information content (AvgIpc) is 3.44. The smallest absolute Gasteiger partial charge is 0.340 e. The van der Waals surface area contributed by atoms with Gasteiger partial charge in [0.2, 0.25) is 0 Å². The van der Waals surface area contributed by atoms with Crippen molar-refractivity contribution in [1.29, 1.82) is 0 Å². The lowest BCUT2D eigenvalue weighted by molar-refractivity contribution is 0.0600. The number of hydrogen-bond acceptors (Lipinski definition) is 7. The molecule has 0 amide bonds. The summed E-state index contributed by atoms with van der Waals surface area (Å²) in [5.74, 6) is 1.75. The molecule has 36 heavy (non-hydrogen) atoms. The Hall–Kier alpha value is -4.46. The van der Waals surface area contributed by atoms with E-state index in [9.17, 15) is 4.79 Å². The Morgan fingerprint density at radius 2 is 1.69 bits per heavy atom. The quantitative estimate of drug-likeness (QED) is 0.323. The van der Waals surface area contributed by atoms with Crippen LogP contribution in [0.5, 0.6) is 17.2 Å².